The van der Waals surface area contributed by atoms with Crippen molar-refractivity contribution in [2.75, 3.05) is 13.7 Å². The van der Waals surface area contributed by atoms with E-state index >= 15 is 0 Å². The molecule has 6 nitrogen and oxygen atoms in total. The lowest BCUT2D eigenvalue weighted by Gasteiger charge is -2.31. The molecule has 2 amide bonds. The molecule has 1 atom stereocenters. The predicted molar refractivity (Wildman–Crippen MR) is 127 cm³/mol. The largest absolute Gasteiger partial charge is 0.497 e. The first kappa shape index (κ1) is 25.2. The number of nitrogens with zero attached hydrogens (tertiary/aromatic N) is 1. The molecule has 1 N–H and O–H groups in total. The summed E-state index contributed by atoms with van der Waals surface area (Å²) in [6.07, 6.45) is 1.42. The van der Waals surface area contributed by atoms with Crippen LogP contribution in [0.4, 0.5) is 0 Å². The van der Waals surface area contributed by atoms with Crippen molar-refractivity contribution in [2.24, 2.45) is 0 Å². The number of hydrogen-bond acceptors (Lipinski definition) is 4. The third-order valence-electron chi connectivity index (χ3n) is 5.13. The average Bonchev–Trinajstić information content (AvgIpc) is 2.77. The van der Waals surface area contributed by atoms with Crippen LogP contribution in [0.2, 0.25) is 0 Å². The van der Waals surface area contributed by atoms with Crippen molar-refractivity contribution < 1.29 is 19.1 Å². The fourth-order valence-corrected chi connectivity index (χ4v) is 3.46. The zero-order valence-electron chi connectivity index (χ0n) is 19.9. The number of carbonyl (C=O) groups is 2. The summed E-state index contributed by atoms with van der Waals surface area (Å²) in [7, 11) is 1.61. The molecule has 2 aromatic carbocycles. The SMILES string of the molecule is CC[C@H](C(=O)NC(C)C)N(Cc1cccc(OC)c1)C(=O)CCCOc1ccc(C)cc1. The maximum atomic E-state index is 13.2. The topological polar surface area (TPSA) is 67.9 Å². The van der Waals surface area contributed by atoms with Gasteiger partial charge >= 0.3 is 0 Å². The van der Waals surface area contributed by atoms with Crippen molar-refractivity contribution in [2.45, 2.75) is 65.6 Å². The molecular weight excluding hydrogens is 404 g/mol. The van der Waals surface area contributed by atoms with Crippen LogP contribution in [0.3, 0.4) is 0 Å². The highest BCUT2D eigenvalue weighted by Crippen LogP contribution is 2.19. The molecule has 0 saturated heterocycles. The van der Waals surface area contributed by atoms with Crippen molar-refractivity contribution in [1.82, 2.24) is 10.2 Å². The van der Waals surface area contributed by atoms with Crippen LogP contribution in [-0.2, 0) is 16.1 Å². The van der Waals surface area contributed by atoms with Gasteiger partial charge < -0.3 is 19.7 Å². The van der Waals surface area contributed by atoms with E-state index in [1.807, 2.05) is 76.2 Å². The number of amides is 2. The van der Waals surface area contributed by atoms with E-state index in [-0.39, 0.29) is 17.9 Å². The number of hydrogen-bond donors (Lipinski definition) is 1. The van der Waals surface area contributed by atoms with Gasteiger partial charge in [0.2, 0.25) is 11.8 Å². The zero-order chi connectivity index (χ0) is 23.5. The van der Waals surface area contributed by atoms with Crippen molar-refractivity contribution in [3.05, 3.63) is 59.7 Å². The summed E-state index contributed by atoms with van der Waals surface area (Å²) >= 11 is 0. The molecule has 2 aromatic rings. The Morgan fingerprint density at radius 2 is 1.78 bits per heavy atom. The summed E-state index contributed by atoms with van der Waals surface area (Å²) in [6, 6.07) is 14.9. The lowest BCUT2D eigenvalue weighted by molar-refractivity contribution is -0.141. The van der Waals surface area contributed by atoms with Gasteiger partial charge in [-0.3, -0.25) is 9.59 Å². The zero-order valence-corrected chi connectivity index (χ0v) is 19.9. The van der Waals surface area contributed by atoms with Gasteiger partial charge in [-0.05, 0) is 63.4 Å². The van der Waals surface area contributed by atoms with Crippen molar-refractivity contribution >= 4 is 11.8 Å². The van der Waals surface area contributed by atoms with Crippen molar-refractivity contribution in [3.63, 3.8) is 0 Å². The number of ether oxygens (including phenoxy) is 2. The normalized spacial score (nSPS) is 11.7. The molecule has 0 fully saturated rings. The van der Waals surface area contributed by atoms with Crippen molar-refractivity contribution in [3.8, 4) is 11.5 Å². The molecule has 32 heavy (non-hydrogen) atoms. The van der Waals surface area contributed by atoms with Crippen LogP contribution in [0.25, 0.3) is 0 Å². The Hall–Kier alpha value is -3.02. The Kier molecular flexibility index (Phi) is 10.1. The Balaban J connectivity index is 2.07. The highest BCUT2D eigenvalue weighted by atomic mass is 16.5. The second kappa shape index (κ2) is 12.7. The van der Waals surface area contributed by atoms with Crippen molar-refractivity contribution in [1.29, 1.82) is 0 Å². The van der Waals surface area contributed by atoms with Crippen LogP contribution in [0, 0.1) is 6.92 Å². The first-order chi connectivity index (χ1) is 15.3. The van der Waals surface area contributed by atoms with E-state index in [9.17, 15) is 9.59 Å². The van der Waals surface area contributed by atoms with Gasteiger partial charge in [-0.15, -0.1) is 0 Å². The maximum Gasteiger partial charge on any atom is 0.243 e. The molecule has 2 rings (SSSR count). The summed E-state index contributed by atoms with van der Waals surface area (Å²) in [5.74, 6) is 1.32. The summed E-state index contributed by atoms with van der Waals surface area (Å²) in [5.41, 5.74) is 2.09. The van der Waals surface area contributed by atoms with Gasteiger partial charge in [-0.2, -0.15) is 0 Å². The van der Waals surface area contributed by atoms with Crippen LogP contribution >= 0.6 is 0 Å². The predicted octanol–water partition coefficient (Wildman–Crippen LogP) is 4.49. The third-order valence-corrected chi connectivity index (χ3v) is 5.13. The van der Waals surface area contributed by atoms with Crippen LogP contribution in [0.5, 0.6) is 11.5 Å². The monoisotopic (exact) mass is 440 g/mol. The molecule has 0 unspecified atom stereocenters. The van der Waals surface area contributed by atoms with Gasteiger partial charge in [0.15, 0.2) is 0 Å². The van der Waals surface area contributed by atoms with Gasteiger partial charge in [0.05, 0.1) is 13.7 Å². The van der Waals surface area contributed by atoms with Gasteiger partial charge in [0, 0.05) is 19.0 Å². The molecule has 0 saturated carbocycles. The highest BCUT2D eigenvalue weighted by molar-refractivity contribution is 5.87. The second-order valence-electron chi connectivity index (χ2n) is 8.23. The number of carbonyl (C=O) groups excluding carboxylic acids is 2. The molecule has 0 aromatic heterocycles. The first-order valence-corrected chi connectivity index (χ1v) is 11.3. The maximum absolute atomic E-state index is 13.2. The van der Waals surface area contributed by atoms with E-state index in [0.29, 0.717) is 32.4 Å². The fourth-order valence-electron chi connectivity index (χ4n) is 3.46. The van der Waals surface area contributed by atoms with E-state index in [4.69, 9.17) is 9.47 Å². The quantitative estimate of drug-likeness (QED) is 0.494. The molecule has 6 heteroatoms. The van der Waals surface area contributed by atoms with Gasteiger partial charge in [0.25, 0.3) is 0 Å². The minimum absolute atomic E-state index is 0.00762. The summed E-state index contributed by atoms with van der Waals surface area (Å²) in [6.45, 7) is 8.58. The average molecular weight is 441 g/mol. The molecule has 0 radical (unpaired) electrons. The van der Waals surface area contributed by atoms with Crippen LogP contribution < -0.4 is 14.8 Å². The minimum atomic E-state index is -0.533. The Labute approximate surface area is 191 Å². The molecule has 0 aliphatic heterocycles. The van der Waals surface area contributed by atoms with Crippen LogP contribution in [-0.4, -0.2) is 42.5 Å². The van der Waals surface area contributed by atoms with Gasteiger partial charge in [-0.25, -0.2) is 0 Å². The Bertz CT molecular complexity index is 864. The fraction of sp³-hybridized carbons (Fsp3) is 0.462. The van der Waals surface area contributed by atoms with E-state index in [2.05, 4.69) is 5.32 Å². The number of aryl methyl sites for hydroxylation is 1. The second-order valence-corrected chi connectivity index (χ2v) is 8.23. The van der Waals surface area contributed by atoms with E-state index in [1.54, 1.807) is 12.0 Å². The Morgan fingerprint density at radius 3 is 2.41 bits per heavy atom. The number of rotatable bonds is 12. The molecule has 0 heterocycles. The first-order valence-electron chi connectivity index (χ1n) is 11.3. The third kappa shape index (κ3) is 7.91. The van der Waals surface area contributed by atoms with E-state index in [0.717, 1.165) is 17.1 Å². The summed E-state index contributed by atoms with van der Waals surface area (Å²) in [4.78, 5) is 27.7. The molecule has 174 valence electrons. The number of methoxy groups -OCH3 is 1. The van der Waals surface area contributed by atoms with Crippen LogP contribution in [0.15, 0.2) is 48.5 Å². The molecule has 0 bridgehead atoms. The molecule has 0 spiro atoms. The highest BCUT2D eigenvalue weighted by Gasteiger charge is 2.28. The van der Waals surface area contributed by atoms with Gasteiger partial charge in [-0.1, -0.05) is 36.8 Å². The molecular formula is C26H36N2O4. The molecule has 0 aliphatic rings. The number of nitrogens with one attached hydrogen (secondary N) is 1. The summed E-state index contributed by atoms with van der Waals surface area (Å²) < 4.78 is 11.1. The van der Waals surface area contributed by atoms with E-state index in [1.165, 1.54) is 5.56 Å². The van der Waals surface area contributed by atoms with E-state index < -0.39 is 6.04 Å². The van der Waals surface area contributed by atoms with Crippen LogP contribution in [0.1, 0.15) is 51.2 Å². The van der Waals surface area contributed by atoms with Gasteiger partial charge in [0.1, 0.15) is 17.5 Å². The molecule has 0 aliphatic carbocycles. The standard InChI is InChI=1S/C26H36N2O4/c1-6-24(26(30)27-19(2)3)28(18-21-9-7-10-23(17-21)31-5)25(29)11-8-16-32-22-14-12-20(4)13-15-22/h7,9-10,12-15,17,19,24H,6,8,11,16,18H2,1-5H3,(H,27,30)/t24-/m1/s1. The number of benzene rings is 2. The summed E-state index contributed by atoms with van der Waals surface area (Å²) in [5, 5.41) is 2.95. The lowest BCUT2D eigenvalue weighted by Crippen LogP contribution is -2.50. The smallest absolute Gasteiger partial charge is 0.243 e. The Morgan fingerprint density at radius 1 is 1.06 bits per heavy atom. The minimum Gasteiger partial charge on any atom is -0.497 e. The lowest BCUT2D eigenvalue weighted by atomic mass is 10.1.